The van der Waals surface area contributed by atoms with Crippen molar-refractivity contribution >= 4 is 5.78 Å². The molecule has 1 aromatic rings. The summed E-state index contributed by atoms with van der Waals surface area (Å²) in [6.45, 7) is 0.977. The number of piperidine rings is 1. The molecule has 0 amide bonds. The molecular formula is C17H19NO3. The molecule has 1 saturated heterocycles. The normalized spacial score (nSPS) is 38.7. The zero-order valence-corrected chi connectivity index (χ0v) is 12.1. The van der Waals surface area contributed by atoms with Gasteiger partial charge in [-0.25, -0.2) is 0 Å². The lowest BCUT2D eigenvalue weighted by Crippen LogP contribution is -2.65. The predicted molar refractivity (Wildman–Crippen MR) is 76.9 cm³/mol. The van der Waals surface area contributed by atoms with Crippen molar-refractivity contribution in [3.63, 3.8) is 0 Å². The van der Waals surface area contributed by atoms with Crippen LogP contribution in [0, 0.1) is 5.92 Å². The molecule has 4 heteroatoms. The van der Waals surface area contributed by atoms with Crippen molar-refractivity contribution in [2.75, 3.05) is 13.7 Å². The Balaban J connectivity index is 1.83. The van der Waals surface area contributed by atoms with Crippen LogP contribution in [0.1, 0.15) is 30.4 Å². The van der Waals surface area contributed by atoms with Crippen LogP contribution in [0.5, 0.6) is 11.5 Å². The highest BCUT2D eigenvalue weighted by Gasteiger charge is 2.64. The Hall–Kier alpha value is -1.55. The van der Waals surface area contributed by atoms with Gasteiger partial charge in [0.1, 0.15) is 0 Å². The molecule has 2 unspecified atom stereocenters. The maximum atomic E-state index is 12.5. The molecule has 110 valence electrons. The number of carbonyl (C=O) groups is 1. The molecule has 21 heavy (non-hydrogen) atoms. The van der Waals surface area contributed by atoms with Crippen molar-refractivity contribution in [2.45, 2.75) is 43.2 Å². The third kappa shape index (κ3) is 1.24. The minimum absolute atomic E-state index is 0.0945. The summed E-state index contributed by atoms with van der Waals surface area (Å²) >= 11 is 0. The second kappa shape index (κ2) is 3.80. The average Bonchev–Trinajstić information content (AvgIpc) is 2.83. The highest BCUT2D eigenvalue weighted by molar-refractivity contribution is 5.89. The van der Waals surface area contributed by atoms with Crippen LogP contribution in [-0.4, -0.2) is 31.6 Å². The number of hydrogen-bond acceptors (Lipinski definition) is 4. The Morgan fingerprint density at radius 2 is 2.33 bits per heavy atom. The minimum Gasteiger partial charge on any atom is -0.493 e. The average molecular weight is 285 g/mol. The molecule has 1 aromatic carbocycles. The van der Waals surface area contributed by atoms with Gasteiger partial charge in [0.05, 0.1) is 7.11 Å². The van der Waals surface area contributed by atoms with Crippen molar-refractivity contribution in [2.24, 2.45) is 5.92 Å². The van der Waals surface area contributed by atoms with Gasteiger partial charge in [-0.05, 0) is 43.4 Å². The molecule has 2 aliphatic carbocycles. The summed E-state index contributed by atoms with van der Waals surface area (Å²) in [6.07, 6.45) is 3.40. The van der Waals surface area contributed by atoms with E-state index < -0.39 is 0 Å². The van der Waals surface area contributed by atoms with Gasteiger partial charge in [0.2, 0.25) is 0 Å². The summed E-state index contributed by atoms with van der Waals surface area (Å²) in [7, 11) is 1.68. The van der Waals surface area contributed by atoms with E-state index in [1.165, 1.54) is 11.1 Å². The lowest BCUT2D eigenvalue weighted by Gasteiger charge is -2.54. The quantitative estimate of drug-likeness (QED) is 0.851. The van der Waals surface area contributed by atoms with Crippen LogP contribution in [0.25, 0.3) is 0 Å². The first kappa shape index (κ1) is 12.0. The molecule has 2 heterocycles. The number of ketones is 1. The Morgan fingerprint density at radius 1 is 1.43 bits per heavy atom. The highest BCUT2D eigenvalue weighted by atomic mass is 16.5. The fourth-order valence-corrected chi connectivity index (χ4v) is 5.40. The van der Waals surface area contributed by atoms with E-state index in [1.54, 1.807) is 7.11 Å². The number of rotatable bonds is 1. The second-order valence-corrected chi connectivity index (χ2v) is 6.80. The predicted octanol–water partition coefficient (Wildman–Crippen LogP) is 1.59. The monoisotopic (exact) mass is 285 g/mol. The number of carbonyl (C=O) groups excluding carboxylic acids is 1. The van der Waals surface area contributed by atoms with Crippen LogP contribution in [0.3, 0.4) is 0 Å². The van der Waals surface area contributed by atoms with Gasteiger partial charge in [0, 0.05) is 23.4 Å². The van der Waals surface area contributed by atoms with Crippen molar-refractivity contribution in [3.05, 3.63) is 23.3 Å². The van der Waals surface area contributed by atoms with E-state index in [4.69, 9.17) is 9.47 Å². The molecular weight excluding hydrogens is 266 g/mol. The van der Waals surface area contributed by atoms with Crippen molar-refractivity contribution in [1.29, 1.82) is 0 Å². The highest BCUT2D eigenvalue weighted by Crippen LogP contribution is 2.61. The number of benzene rings is 1. The number of Topliss-reactive ketones (excluding diaryl/α,β-unsaturated/α-hetero) is 1. The minimum atomic E-state index is -0.286. The zero-order valence-electron chi connectivity index (χ0n) is 12.1. The Labute approximate surface area is 123 Å². The maximum Gasteiger partial charge on any atom is 0.174 e. The first-order valence-electron chi connectivity index (χ1n) is 7.89. The van der Waals surface area contributed by atoms with Crippen LogP contribution in [0.2, 0.25) is 0 Å². The molecule has 0 radical (unpaired) electrons. The molecule has 4 nitrogen and oxygen atoms in total. The van der Waals surface area contributed by atoms with Crippen LogP contribution in [-0.2, 0) is 16.6 Å². The number of hydrogen-bond donors (Lipinski definition) is 1. The SMILES string of the molecule is COc1ccc2c3c1O[C@H]1C(=O)CC[C@H]4C(C2)NCCC314. The van der Waals surface area contributed by atoms with Gasteiger partial charge in [-0.2, -0.15) is 0 Å². The van der Waals surface area contributed by atoms with Gasteiger partial charge in [-0.1, -0.05) is 6.07 Å². The van der Waals surface area contributed by atoms with Crippen LogP contribution in [0.4, 0.5) is 0 Å². The van der Waals surface area contributed by atoms with Gasteiger partial charge < -0.3 is 14.8 Å². The summed E-state index contributed by atoms with van der Waals surface area (Å²) in [6, 6.07) is 4.65. The first-order valence-corrected chi connectivity index (χ1v) is 7.89. The van der Waals surface area contributed by atoms with E-state index in [1.807, 2.05) is 6.07 Å². The van der Waals surface area contributed by atoms with Gasteiger partial charge in [0.25, 0.3) is 0 Å². The molecule has 5 rings (SSSR count). The third-order valence-corrected chi connectivity index (χ3v) is 6.12. The smallest absolute Gasteiger partial charge is 0.174 e. The molecule has 2 fully saturated rings. The van der Waals surface area contributed by atoms with E-state index in [0.717, 1.165) is 37.3 Å². The first-order chi connectivity index (χ1) is 10.3. The third-order valence-electron chi connectivity index (χ3n) is 6.12. The lowest BCUT2D eigenvalue weighted by molar-refractivity contribution is -0.135. The lowest BCUT2D eigenvalue weighted by atomic mass is 9.52. The molecule has 4 atom stereocenters. The fraction of sp³-hybridized carbons (Fsp3) is 0.588. The summed E-state index contributed by atoms with van der Waals surface area (Å²) in [5.41, 5.74) is 2.54. The number of ether oxygens (including phenoxy) is 2. The fourth-order valence-electron chi connectivity index (χ4n) is 5.40. The van der Waals surface area contributed by atoms with Gasteiger partial charge in [0.15, 0.2) is 23.4 Å². The summed E-state index contributed by atoms with van der Waals surface area (Å²) in [5, 5.41) is 3.67. The maximum absolute atomic E-state index is 12.5. The molecule has 2 aliphatic heterocycles. The Bertz CT molecular complexity index is 656. The molecule has 2 bridgehead atoms. The van der Waals surface area contributed by atoms with Gasteiger partial charge in [-0.3, -0.25) is 4.79 Å². The van der Waals surface area contributed by atoms with E-state index in [2.05, 4.69) is 11.4 Å². The van der Waals surface area contributed by atoms with Crippen molar-refractivity contribution in [1.82, 2.24) is 5.32 Å². The second-order valence-electron chi connectivity index (χ2n) is 6.80. The Kier molecular flexibility index (Phi) is 2.18. The van der Waals surface area contributed by atoms with Gasteiger partial charge in [-0.15, -0.1) is 0 Å². The molecule has 0 aromatic heterocycles. The van der Waals surface area contributed by atoms with Crippen LogP contribution >= 0.6 is 0 Å². The zero-order chi connectivity index (χ0) is 14.2. The summed E-state index contributed by atoms with van der Waals surface area (Å²) in [5.74, 6) is 2.43. The van der Waals surface area contributed by atoms with E-state index in [0.29, 0.717) is 18.4 Å². The van der Waals surface area contributed by atoms with Crippen molar-refractivity contribution < 1.29 is 14.3 Å². The van der Waals surface area contributed by atoms with E-state index in [-0.39, 0.29) is 17.3 Å². The molecule has 4 aliphatic rings. The largest absolute Gasteiger partial charge is 0.493 e. The summed E-state index contributed by atoms with van der Waals surface area (Å²) < 4.78 is 11.7. The molecule has 1 spiro atoms. The Morgan fingerprint density at radius 3 is 3.19 bits per heavy atom. The van der Waals surface area contributed by atoms with Crippen LogP contribution in [0.15, 0.2) is 12.1 Å². The standard InChI is InChI=1S/C17H19NO3/c1-20-13-5-2-9-8-11-10-3-4-12(19)16-17(10,6-7-18-11)14(9)15(13)21-16/h2,5,10-11,16,18H,3-4,6-8H2,1H3/t10-,11?,16-,17?/m0/s1. The van der Waals surface area contributed by atoms with Gasteiger partial charge >= 0.3 is 0 Å². The van der Waals surface area contributed by atoms with Crippen molar-refractivity contribution in [3.8, 4) is 11.5 Å². The van der Waals surface area contributed by atoms with E-state index >= 15 is 0 Å². The molecule has 1 saturated carbocycles. The number of methoxy groups -OCH3 is 1. The molecule has 1 N–H and O–H groups in total. The summed E-state index contributed by atoms with van der Waals surface area (Å²) in [4.78, 5) is 12.5. The topological polar surface area (TPSA) is 47.6 Å². The van der Waals surface area contributed by atoms with Crippen LogP contribution < -0.4 is 14.8 Å². The van der Waals surface area contributed by atoms with E-state index in [9.17, 15) is 4.79 Å². The number of nitrogens with one attached hydrogen (secondary N) is 1.